The van der Waals surface area contributed by atoms with Gasteiger partial charge in [0.2, 0.25) is 11.9 Å². The molecule has 1 aliphatic carbocycles. The number of aromatic nitrogens is 2. The monoisotopic (exact) mass is 328 g/mol. The lowest BCUT2D eigenvalue weighted by molar-refractivity contribution is -0.141. The van der Waals surface area contributed by atoms with Gasteiger partial charge in [-0.1, -0.05) is 6.42 Å². The topological polar surface area (TPSA) is 58.1 Å². The summed E-state index contributed by atoms with van der Waals surface area (Å²) in [4.78, 5) is 21.3. The summed E-state index contributed by atoms with van der Waals surface area (Å²) >= 11 is 0. The third-order valence-corrected chi connectivity index (χ3v) is 4.46. The van der Waals surface area contributed by atoms with Gasteiger partial charge in [0.1, 0.15) is 5.69 Å². The first kappa shape index (κ1) is 16.0. The highest BCUT2D eigenvalue weighted by Crippen LogP contribution is 2.29. The molecule has 0 bridgehead atoms. The van der Waals surface area contributed by atoms with Gasteiger partial charge in [-0.05, 0) is 31.7 Å². The van der Waals surface area contributed by atoms with Crippen molar-refractivity contribution in [2.45, 2.75) is 44.3 Å². The van der Waals surface area contributed by atoms with Gasteiger partial charge < -0.3 is 10.2 Å². The molecule has 1 aliphatic heterocycles. The Morgan fingerprint density at radius 2 is 2.04 bits per heavy atom. The van der Waals surface area contributed by atoms with E-state index in [-0.39, 0.29) is 23.8 Å². The van der Waals surface area contributed by atoms with Crippen LogP contribution in [0.25, 0.3) is 0 Å². The van der Waals surface area contributed by atoms with Crippen molar-refractivity contribution in [3.63, 3.8) is 0 Å². The van der Waals surface area contributed by atoms with E-state index in [1.807, 2.05) is 0 Å². The molecule has 1 atom stereocenters. The first-order valence-electron chi connectivity index (χ1n) is 7.89. The number of rotatable bonds is 3. The average molecular weight is 328 g/mol. The standard InChI is InChI=1S/C15H19F3N4O/c16-15(17,18)12-6-7-19-14(21-12)22-8-2-5-11(9-22)20-13(23)10-3-1-4-10/h6-7,10-11H,1-5,8-9H2,(H,20,23). The van der Waals surface area contributed by atoms with Crippen LogP contribution in [0.15, 0.2) is 12.3 Å². The quantitative estimate of drug-likeness (QED) is 0.925. The van der Waals surface area contributed by atoms with Gasteiger partial charge in [-0.15, -0.1) is 0 Å². The van der Waals surface area contributed by atoms with Crippen molar-refractivity contribution >= 4 is 11.9 Å². The minimum atomic E-state index is -4.48. The molecule has 2 aliphatic rings. The van der Waals surface area contributed by atoms with Gasteiger partial charge in [-0.25, -0.2) is 9.97 Å². The predicted molar refractivity (Wildman–Crippen MR) is 77.8 cm³/mol. The lowest BCUT2D eigenvalue weighted by atomic mass is 9.84. The second-order valence-electron chi connectivity index (χ2n) is 6.16. The number of carbonyl (C=O) groups excluding carboxylic acids is 1. The Morgan fingerprint density at radius 1 is 1.26 bits per heavy atom. The number of hydrogen-bond acceptors (Lipinski definition) is 4. The molecule has 1 aromatic rings. The first-order valence-corrected chi connectivity index (χ1v) is 7.89. The Hall–Kier alpha value is -1.86. The molecule has 1 saturated heterocycles. The van der Waals surface area contributed by atoms with Crippen molar-refractivity contribution in [2.75, 3.05) is 18.0 Å². The van der Waals surface area contributed by atoms with Crippen LogP contribution in [-0.4, -0.2) is 35.0 Å². The number of nitrogens with zero attached hydrogens (tertiary/aromatic N) is 3. The van der Waals surface area contributed by atoms with Crippen LogP contribution in [0.5, 0.6) is 0 Å². The van der Waals surface area contributed by atoms with Crippen LogP contribution in [0.1, 0.15) is 37.8 Å². The maximum Gasteiger partial charge on any atom is 0.433 e. The van der Waals surface area contributed by atoms with Crippen molar-refractivity contribution in [2.24, 2.45) is 5.92 Å². The summed E-state index contributed by atoms with van der Waals surface area (Å²) in [6, 6.07) is 0.804. The lowest BCUT2D eigenvalue weighted by Crippen LogP contribution is -2.50. The van der Waals surface area contributed by atoms with Crippen molar-refractivity contribution in [1.82, 2.24) is 15.3 Å². The molecule has 1 amide bonds. The molecule has 1 N–H and O–H groups in total. The number of piperidine rings is 1. The molecule has 23 heavy (non-hydrogen) atoms. The number of hydrogen-bond donors (Lipinski definition) is 1. The van der Waals surface area contributed by atoms with Crippen LogP contribution in [0.2, 0.25) is 0 Å². The summed E-state index contributed by atoms with van der Waals surface area (Å²) in [5.74, 6) is 0.241. The lowest BCUT2D eigenvalue weighted by Gasteiger charge is -2.35. The minimum absolute atomic E-state index is 0.0602. The van der Waals surface area contributed by atoms with Crippen LogP contribution in [-0.2, 0) is 11.0 Å². The SMILES string of the molecule is O=C(NC1CCCN(c2nccc(C(F)(F)F)n2)C1)C1CCC1. The van der Waals surface area contributed by atoms with E-state index >= 15 is 0 Å². The van der Waals surface area contributed by atoms with Crippen molar-refractivity contribution < 1.29 is 18.0 Å². The first-order chi connectivity index (χ1) is 10.9. The fourth-order valence-corrected chi connectivity index (χ4v) is 2.92. The van der Waals surface area contributed by atoms with E-state index in [9.17, 15) is 18.0 Å². The van der Waals surface area contributed by atoms with Crippen molar-refractivity contribution in [1.29, 1.82) is 0 Å². The van der Waals surface area contributed by atoms with E-state index in [0.717, 1.165) is 44.4 Å². The van der Waals surface area contributed by atoms with Gasteiger partial charge >= 0.3 is 6.18 Å². The molecule has 1 saturated carbocycles. The molecule has 0 radical (unpaired) electrons. The summed E-state index contributed by atoms with van der Waals surface area (Å²) in [6.07, 6.45) is 1.21. The number of alkyl halides is 3. The van der Waals surface area contributed by atoms with Gasteiger partial charge in [0.15, 0.2) is 0 Å². The predicted octanol–water partition coefficient (Wildman–Crippen LogP) is 2.38. The van der Waals surface area contributed by atoms with Gasteiger partial charge in [0, 0.05) is 31.2 Å². The van der Waals surface area contributed by atoms with Gasteiger partial charge in [-0.2, -0.15) is 13.2 Å². The van der Waals surface area contributed by atoms with Crippen molar-refractivity contribution in [3.05, 3.63) is 18.0 Å². The Bertz CT molecular complexity index is 574. The fourth-order valence-electron chi connectivity index (χ4n) is 2.92. The molecule has 1 aromatic heterocycles. The van der Waals surface area contributed by atoms with E-state index in [0.29, 0.717) is 13.1 Å². The summed E-state index contributed by atoms with van der Waals surface area (Å²) in [5.41, 5.74) is -0.942. The molecule has 1 unspecified atom stereocenters. The Balaban J connectivity index is 1.65. The Morgan fingerprint density at radius 3 is 2.70 bits per heavy atom. The van der Waals surface area contributed by atoms with E-state index in [1.165, 1.54) is 0 Å². The van der Waals surface area contributed by atoms with E-state index in [2.05, 4.69) is 15.3 Å². The number of halogens is 3. The molecule has 2 fully saturated rings. The van der Waals surface area contributed by atoms with Gasteiger partial charge in [0.25, 0.3) is 0 Å². The molecular weight excluding hydrogens is 309 g/mol. The molecule has 0 aromatic carbocycles. The van der Waals surface area contributed by atoms with Gasteiger partial charge in [-0.3, -0.25) is 4.79 Å². The highest BCUT2D eigenvalue weighted by Gasteiger charge is 2.34. The normalized spacial score (nSPS) is 22.6. The largest absolute Gasteiger partial charge is 0.433 e. The smallest absolute Gasteiger partial charge is 0.351 e. The van der Waals surface area contributed by atoms with Crippen LogP contribution >= 0.6 is 0 Å². The zero-order chi connectivity index (χ0) is 16.4. The molecular formula is C15H19F3N4O. The maximum atomic E-state index is 12.8. The average Bonchev–Trinajstić information content (AvgIpc) is 2.45. The molecule has 3 rings (SSSR count). The fraction of sp³-hybridized carbons (Fsp3) is 0.667. The molecule has 0 spiro atoms. The molecule has 2 heterocycles. The number of nitrogens with one attached hydrogen (secondary N) is 1. The van der Waals surface area contributed by atoms with E-state index < -0.39 is 11.9 Å². The molecule has 8 heteroatoms. The van der Waals surface area contributed by atoms with E-state index in [1.54, 1.807) is 4.90 Å². The zero-order valence-corrected chi connectivity index (χ0v) is 12.6. The summed E-state index contributed by atoms with van der Waals surface area (Å²) in [7, 11) is 0. The second-order valence-corrected chi connectivity index (χ2v) is 6.16. The number of amides is 1. The molecule has 5 nitrogen and oxygen atoms in total. The number of anilines is 1. The van der Waals surface area contributed by atoms with Crippen LogP contribution < -0.4 is 10.2 Å². The van der Waals surface area contributed by atoms with Crippen LogP contribution in [0.3, 0.4) is 0 Å². The summed E-state index contributed by atoms with van der Waals surface area (Å²) in [6.45, 7) is 1.04. The van der Waals surface area contributed by atoms with Crippen LogP contribution in [0, 0.1) is 5.92 Å². The second kappa shape index (κ2) is 6.33. The van der Waals surface area contributed by atoms with Gasteiger partial charge in [0.05, 0.1) is 0 Å². The Labute approximate surface area is 132 Å². The Kier molecular flexibility index (Phi) is 4.41. The van der Waals surface area contributed by atoms with E-state index in [4.69, 9.17) is 0 Å². The zero-order valence-electron chi connectivity index (χ0n) is 12.6. The molecule has 126 valence electrons. The summed E-state index contributed by atoms with van der Waals surface area (Å²) < 4.78 is 38.3. The third-order valence-electron chi connectivity index (χ3n) is 4.46. The highest BCUT2D eigenvalue weighted by atomic mass is 19.4. The summed E-state index contributed by atoms with van der Waals surface area (Å²) in [5, 5.41) is 3.01. The highest BCUT2D eigenvalue weighted by molar-refractivity contribution is 5.79. The maximum absolute atomic E-state index is 12.8. The minimum Gasteiger partial charge on any atom is -0.351 e. The van der Waals surface area contributed by atoms with Crippen molar-refractivity contribution in [3.8, 4) is 0 Å². The van der Waals surface area contributed by atoms with Crippen LogP contribution in [0.4, 0.5) is 19.1 Å². The number of carbonyl (C=O) groups is 1. The third kappa shape index (κ3) is 3.73.